The van der Waals surface area contributed by atoms with Crippen LogP contribution >= 0.6 is 0 Å². The Morgan fingerprint density at radius 3 is 2.67 bits per heavy atom. The van der Waals surface area contributed by atoms with Crippen LogP contribution in [0, 0.1) is 11.8 Å². The summed E-state index contributed by atoms with van der Waals surface area (Å²) in [6, 6.07) is 0.0861. The van der Waals surface area contributed by atoms with Gasteiger partial charge in [0.2, 0.25) is 11.8 Å². The summed E-state index contributed by atoms with van der Waals surface area (Å²) in [5.74, 6) is 0.502. The van der Waals surface area contributed by atoms with Gasteiger partial charge in [0.05, 0.1) is 6.54 Å². The lowest BCUT2D eigenvalue weighted by molar-refractivity contribution is -0.139. The van der Waals surface area contributed by atoms with Gasteiger partial charge in [0.1, 0.15) is 0 Å². The highest BCUT2D eigenvalue weighted by Crippen LogP contribution is 2.16. The number of carbonyl (C=O) groups is 2. The molecular weight excluding hydrogens is 230 g/mol. The van der Waals surface area contributed by atoms with Gasteiger partial charge in [-0.2, -0.15) is 0 Å². The van der Waals surface area contributed by atoms with Crippen LogP contribution in [-0.4, -0.2) is 41.9 Å². The molecule has 18 heavy (non-hydrogen) atoms. The molecule has 3 atom stereocenters. The molecule has 0 aromatic carbocycles. The molecule has 1 heterocycles. The van der Waals surface area contributed by atoms with Crippen molar-refractivity contribution in [3.8, 4) is 0 Å². The number of hydrogen-bond acceptors (Lipinski definition) is 3. The first kappa shape index (κ1) is 15.0. The second-order valence-electron chi connectivity index (χ2n) is 5.72. The van der Waals surface area contributed by atoms with Gasteiger partial charge in [0.25, 0.3) is 0 Å². The monoisotopic (exact) mass is 255 g/mol. The molecule has 0 spiro atoms. The summed E-state index contributed by atoms with van der Waals surface area (Å²) in [6.45, 7) is 8.64. The van der Waals surface area contributed by atoms with Gasteiger partial charge < -0.3 is 16.0 Å². The molecule has 3 unspecified atom stereocenters. The lowest BCUT2D eigenvalue weighted by atomic mass is 9.94. The van der Waals surface area contributed by atoms with E-state index in [1.807, 2.05) is 13.8 Å². The molecule has 1 rings (SSSR count). The summed E-state index contributed by atoms with van der Waals surface area (Å²) in [7, 11) is 0. The first-order chi connectivity index (χ1) is 8.31. The number of amides is 2. The summed E-state index contributed by atoms with van der Waals surface area (Å²) in [5.41, 5.74) is 5.93. The average molecular weight is 255 g/mol. The van der Waals surface area contributed by atoms with E-state index in [1.165, 1.54) is 0 Å². The van der Waals surface area contributed by atoms with Crippen LogP contribution in [0.15, 0.2) is 0 Å². The molecule has 3 N–H and O–H groups in total. The molecule has 1 aliphatic heterocycles. The molecular formula is C13H25N3O2. The molecule has 0 aromatic heterocycles. The molecule has 1 fully saturated rings. The van der Waals surface area contributed by atoms with Gasteiger partial charge in [-0.3, -0.25) is 9.59 Å². The number of carbonyl (C=O) groups excluding carboxylic acids is 2. The molecule has 1 aliphatic rings. The van der Waals surface area contributed by atoms with E-state index in [2.05, 4.69) is 19.2 Å². The predicted octanol–water partition coefficient (Wildman–Crippen LogP) is 0.343. The third-order valence-electron chi connectivity index (χ3n) is 3.73. The fraction of sp³-hybridized carbons (Fsp3) is 0.846. The van der Waals surface area contributed by atoms with Crippen molar-refractivity contribution >= 4 is 11.8 Å². The van der Waals surface area contributed by atoms with Gasteiger partial charge in [-0.15, -0.1) is 0 Å². The Morgan fingerprint density at radius 1 is 1.50 bits per heavy atom. The fourth-order valence-electron chi connectivity index (χ4n) is 1.88. The largest absolute Gasteiger partial charge is 0.352 e. The molecule has 5 nitrogen and oxygen atoms in total. The van der Waals surface area contributed by atoms with Crippen LogP contribution in [0.3, 0.4) is 0 Å². The molecule has 0 saturated carbocycles. The van der Waals surface area contributed by atoms with Crippen molar-refractivity contribution in [2.75, 3.05) is 13.1 Å². The molecule has 2 amide bonds. The summed E-state index contributed by atoms with van der Waals surface area (Å²) in [5, 5.41) is 2.90. The van der Waals surface area contributed by atoms with E-state index < -0.39 is 0 Å². The molecule has 0 aliphatic carbocycles. The zero-order valence-corrected chi connectivity index (χ0v) is 11.8. The lowest BCUT2D eigenvalue weighted by Gasteiger charge is -2.34. The highest BCUT2D eigenvalue weighted by Gasteiger charge is 2.30. The minimum Gasteiger partial charge on any atom is -0.352 e. The van der Waals surface area contributed by atoms with E-state index in [0.717, 1.165) is 0 Å². The van der Waals surface area contributed by atoms with Gasteiger partial charge in [-0.05, 0) is 18.8 Å². The molecule has 5 heteroatoms. The van der Waals surface area contributed by atoms with Crippen molar-refractivity contribution < 1.29 is 9.59 Å². The lowest BCUT2D eigenvalue weighted by Crippen LogP contribution is -2.53. The van der Waals surface area contributed by atoms with Gasteiger partial charge in [0.15, 0.2) is 0 Å². The molecule has 0 bridgehead atoms. The first-order valence-electron chi connectivity index (χ1n) is 6.64. The Hall–Kier alpha value is -1.10. The van der Waals surface area contributed by atoms with E-state index in [4.69, 9.17) is 5.73 Å². The SMILES string of the molecule is CC(C)C(C)NC(=O)CN1CC(N)C(C)CC1=O. The van der Waals surface area contributed by atoms with Gasteiger partial charge >= 0.3 is 0 Å². The average Bonchev–Trinajstić information content (AvgIpc) is 2.25. The number of likely N-dealkylation sites (tertiary alicyclic amines) is 1. The summed E-state index contributed by atoms with van der Waals surface area (Å²) in [6.07, 6.45) is 0.439. The van der Waals surface area contributed by atoms with Crippen molar-refractivity contribution in [2.45, 2.75) is 46.2 Å². The minimum absolute atomic E-state index is 0.0246. The van der Waals surface area contributed by atoms with Crippen LogP contribution in [0.4, 0.5) is 0 Å². The number of hydrogen-bond donors (Lipinski definition) is 2. The van der Waals surface area contributed by atoms with Crippen molar-refractivity contribution in [3.05, 3.63) is 0 Å². The zero-order chi connectivity index (χ0) is 13.9. The first-order valence-corrected chi connectivity index (χ1v) is 6.64. The van der Waals surface area contributed by atoms with Crippen molar-refractivity contribution in [2.24, 2.45) is 17.6 Å². The number of nitrogens with zero attached hydrogens (tertiary/aromatic N) is 1. The maximum absolute atomic E-state index is 11.8. The predicted molar refractivity (Wildman–Crippen MR) is 70.8 cm³/mol. The smallest absolute Gasteiger partial charge is 0.239 e. The number of nitrogens with one attached hydrogen (secondary N) is 1. The van der Waals surface area contributed by atoms with Crippen LogP contribution in [0.1, 0.15) is 34.1 Å². The quantitative estimate of drug-likeness (QED) is 0.761. The normalized spacial score (nSPS) is 26.3. The van der Waals surface area contributed by atoms with Gasteiger partial charge in [-0.25, -0.2) is 0 Å². The molecule has 104 valence electrons. The number of rotatable bonds is 4. The summed E-state index contributed by atoms with van der Waals surface area (Å²) in [4.78, 5) is 25.2. The van der Waals surface area contributed by atoms with Crippen molar-refractivity contribution in [1.82, 2.24) is 10.2 Å². The minimum atomic E-state index is -0.105. The number of piperidine rings is 1. The van der Waals surface area contributed by atoms with Crippen molar-refractivity contribution in [1.29, 1.82) is 0 Å². The van der Waals surface area contributed by atoms with E-state index in [1.54, 1.807) is 4.90 Å². The Bertz CT molecular complexity index is 317. The Balaban J connectivity index is 2.47. The van der Waals surface area contributed by atoms with Crippen LogP contribution in [-0.2, 0) is 9.59 Å². The van der Waals surface area contributed by atoms with E-state index in [0.29, 0.717) is 18.9 Å². The van der Waals surface area contributed by atoms with E-state index in [9.17, 15) is 9.59 Å². The van der Waals surface area contributed by atoms with Crippen LogP contribution in [0.25, 0.3) is 0 Å². The van der Waals surface area contributed by atoms with Crippen LogP contribution in [0.5, 0.6) is 0 Å². The van der Waals surface area contributed by atoms with Gasteiger partial charge in [-0.1, -0.05) is 20.8 Å². The highest BCUT2D eigenvalue weighted by molar-refractivity contribution is 5.85. The maximum Gasteiger partial charge on any atom is 0.239 e. The number of nitrogens with two attached hydrogens (primary N) is 1. The standard InChI is InChI=1S/C13H25N3O2/c1-8(2)10(4)15-12(17)7-16-6-11(14)9(3)5-13(16)18/h8-11H,5-7,14H2,1-4H3,(H,15,17). The van der Waals surface area contributed by atoms with Crippen LogP contribution in [0.2, 0.25) is 0 Å². The summed E-state index contributed by atoms with van der Waals surface area (Å²) >= 11 is 0. The highest BCUT2D eigenvalue weighted by atomic mass is 16.2. The fourth-order valence-corrected chi connectivity index (χ4v) is 1.88. The topological polar surface area (TPSA) is 75.4 Å². The maximum atomic E-state index is 11.8. The second-order valence-corrected chi connectivity index (χ2v) is 5.72. The Kier molecular flexibility index (Phi) is 5.14. The van der Waals surface area contributed by atoms with Gasteiger partial charge in [0, 0.05) is 25.0 Å². The van der Waals surface area contributed by atoms with Crippen LogP contribution < -0.4 is 11.1 Å². The third-order valence-corrected chi connectivity index (χ3v) is 3.73. The second kappa shape index (κ2) is 6.18. The molecule has 1 saturated heterocycles. The van der Waals surface area contributed by atoms with E-state index in [-0.39, 0.29) is 36.4 Å². The Morgan fingerprint density at radius 2 is 2.11 bits per heavy atom. The van der Waals surface area contributed by atoms with E-state index >= 15 is 0 Å². The van der Waals surface area contributed by atoms with Crippen molar-refractivity contribution in [3.63, 3.8) is 0 Å². The summed E-state index contributed by atoms with van der Waals surface area (Å²) < 4.78 is 0. The Labute approximate surface area is 109 Å². The third kappa shape index (κ3) is 3.98. The zero-order valence-electron chi connectivity index (χ0n) is 11.8. The molecule has 0 aromatic rings. The molecule has 0 radical (unpaired) electrons.